The van der Waals surface area contributed by atoms with Crippen LogP contribution in [-0.4, -0.2) is 0 Å². The number of hydrogen-bond donors (Lipinski definition) is 0. The Bertz CT molecular complexity index is 2730. The monoisotopic (exact) mass is 768 g/mol. The average Bonchev–Trinajstić information content (AvgIpc) is 3.78. The zero-order valence-corrected chi connectivity index (χ0v) is 33.2. The topological polar surface area (TPSA) is 6.48 Å². The van der Waals surface area contributed by atoms with Crippen LogP contribution in [0.15, 0.2) is 206 Å². The van der Waals surface area contributed by atoms with Crippen molar-refractivity contribution >= 4 is 58.0 Å². The fourth-order valence-electron chi connectivity index (χ4n) is 10.3. The number of benzene rings is 6. The van der Waals surface area contributed by atoms with E-state index in [4.69, 9.17) is 0 Å². The summed E-state index contributed by atoms with van der Waals surface area (Å²) in [5, 5.41) is 0. The molecule has 6 aromatic carbocycles. The van der Waals surface area contributed by atoms with Gasteiger partial charge in [-0.2, -0.15) is 0 Å². The molecule has 0 bridgehead atoms. The van der Waals surface area contributed by atoms with Crippen molar-refractivity contribution in [3.05, 3.63) is 219 Å². The lowest BCUT2D eigenvalue weighted by molar-refractivity contribution is 0.531. The first-order valence-electron chi connectivity index (χ1n) is 20.2. The molecule has 0 saturated heterocycles. The number of para-hydroxylation sites is 3. The molecule has 1 atom stereocenters. The Hall–Kier alpha value is -5.68. The molecular formula is C53H40N2S2. The summed E-state index contributed by atoms with van der Waals surface area (Å²) in [6, 6.07) is 52.1. The van der Waals surface area contributed by atoms with Crippen molar-refractivity contribution in [3.63, 3.8) is 0 Å². The molecule has 0 aromatic heterocycles. The summed E-state index contributed by atoms with van der Waals surface area (Å²) >= 11 is 3.77. The van der Waals surface area contributed by atoms with Gasteiger partial charge < -0.3 is 9.80 Å². The van der Waals surface area contributed by atoms with Gasteiger partial charge in [-0.3, -0.25) is 0 Å². The molecule has 0 radical (unpaired) electrons. The Labute approximate surface area is 343 Å². The van der Waals surface area contributed by atoms with Crippen molar-refractivity contribution in [1.82, 2.24) is 0 Å². The van der Waals surface area contributed by atoms with Crippen LogP contribution in [0.3, 0.4) is 0 Å². The second-order valence-corrected chi connectivity index (χ2v) is 18.2. The van der Waals surface area contributed by atoms with E-state index in [1.165, 1.54) is 87.1 Å². The highest BCUT2D eigenvalue weighted by molar-refractivity contribution is 8.03. The number of allylic oxidation sites excluding steroid dienone is 8. The summed E-state index contributed by atoms with van der Waals surface area (Å²) in [7, 11) is 0. The van der Waals surface area contributed by atoms with Crippen LogP contribution in [0.1, 0.15) is 53.0 Å². The fraction of sp³-hybridized carbons (Fsp3) is 0.132. The molecule has 0 N–H and O–H groups in total. The Morgan fingerprint density at radius 1 is 0.614 bits per heavy atom. The van der Waals surface area contributed by atoms with Gasteiger partial charge in [0.25, 0.3) is 0 Å². The molecule has 4 aliphatic carbocycles. The lowest BCUT2D eigenvalue weighted by Crippen LogP contribution is -2.28. The van der Waals surface area contributed by atoms with E-state index >= 15 is 0 Å². The number of anilines is 5. The maximum atomic E-state index is 2.59. The second-order valence-electron chi connectivity index (χ2n) is 16.0. The normalized spacial score (nSPS) is 19.3. The first-order valence-corrected chi connectivity index (χ1v) is 21.9. The van der Waals surface area contributed by atoms with E-state index in [1.54, 1.807) is 5.57 Å². The lowest BCUT2D eigenvalue weighted by Gasteiger charge is -2.36. The summed E-state index contributed by atoms with van der Waals surface area (Å²) in [5.74, 6) is 0.407. The van der Waals surface area contributed by atoms with Crippen molar-refractivity contribution in [2.45, 2.75) is 58.1 Å². The van der Waals surface area contributed by atoms with Crippen molar-refractivity contribution in [2.75, 3.05) is 9.80 Å². The number of hydrogen-bond acceptors (Lipinski definition) is 4. The van der Waals surface area contributed by atoms with Gasteiger partial charge in [-0.25, -0.2) is 0 Å². The maximum Gasteiger partial charge on any atom is 0.0601 e. The minimum Gasteiger partial charge on any atom is -0.312 e. The van der Waals surface area contributed by atoms with Crippen LogP contribution in [0.4, 0.5) is 28.4 Å². The summed E-state index contributed by atoms with van der Waals surface area (Å²) in [6.45, 7) is 0. The van der Waals surface area contributed by atoms with Crippen LogP contribution in [0.2, 0.25) is 0 Å². The van der Waals surface area contributed by atoms with Crippen molar-refractivity contribution in [1.29, 1.82) is 0 Å². The zero-order valence-electron chi connectivity index (χ0n) is 31.6. The summed E-state index contributed by atoms with van der Waals surface area (Å²) in [4.78, 5) is 10.3. The molecule has 0 saturated carbocycles. The van der Waals surface area contributed by atoms with Crippen molar-refractivity contribution < 1.29 is 0 Å². The van der Waals surface area contributed by atoms with Crippen LogP contribution in [0, 0.1) is 0 Å². The first-order chi connectivity index (χ1) is 28.2. The summed E-state index contributed by atoms with van der Waals surface area (Å²) in [6.07, 6.45) is 19.7. The Kier molecular flexibility index (Phi) is 7.74. The number of fused-ring (bicyclic) bond motifs is 9. The zero-order chi connectivity index (χ0) is 37.5. The molecule has 1 unspecified atom stereocenters. The third-order valence-corrected chi connectivity index (χ3v) is 15.2. The molecule has 2 nitrogen and oxygen atoms in total. The number of rotatable bonds is 4. The van der Waals surface area contributed by atoms with Crippen molar-refractivity contribution in [2.24, 2.45) is 0 Å². The molecule has 2 aliphatic heterocycles. The van der Waals surface area contributed by atoms with Crippen LogP contribution in [-0.2, 0) is 18.3 Å². The van der Waals surface area contributed by atoms with E-state index in [2.05, 4.69) is 186 Å². The number of thioether (sulfide) groups is 1. The van der Waals surface area contributed by atoms with E-state index in [0.717, 1.165) is 32.1 Å². The average molecular weight is 769 g/mol. The third kappa shape index (κ3) is 5.34. The van der Waals surface area contributed by atoms with Gasteiger partial charge >= 0.3 is 0 Å². The standard InChI is InChI=1S/C53H40N2S2/c1-2-12-38-34-53(33-37(38)11-1)43-31-36(22-21-35-23-26-39(27-24-35)54-45-13-3-7-17-49(45)56-50-18-8-4-14-46(50)54)25-29-41(43)42-30-28-40(32-44(42)53)55-47-15-5-9-19-51(47)57-52-20-10-6-16-48(52)55/h1-5,7-15,17-28,30-32,41H,6,16,29,33-34H2/b22-21+. The minimum absolute atomic E-state index is 0.0399. The predicted molar refractivity (Wildman–Crippen MR) is 240 cm³/mol. The minimum atomic E-state index is -0.0399. The first kappa shape index (κ1) is 33.5. The van der Waals surface area contributed by atoms with Gasteiger partial charge in [-0.1, -0.05) is 144 Å². The molecule has 0 amide bonds. The number of nitrogens with zero attached hydrogens (tertiary/aromatic N) is 2. The Balaban J connectivity index is 0.892. The van der Waals surface area contributed by atoms with Crippen LogP contribution in [0.5, 0.6) is 0 Å². The van der Waals surface area contributed by atoms with Crippen molar-refractivity contribution in [3.8, 4) is 0 Å². The smallest absolute Gasteiger partial charge is 0.0601 e. The highest BCUT2D eigenvalue weighted by Gasteiger charge is 2.51. The quantitative estimate of drug-likeness (QED) is 0.176. The Morgan fingerprint density at radius 2 is 1.25 bits per heavy atom. The largest absolute Gasteiger partial charge is 0.312 e. The van der Waals surface area contributed by atoms with Gasteiger partial charge in [0.15, 0.2) is 0 Å². The second kappa shape index (κ2) is 13.2. The molecule has 2 heterocycles. The van der Waals surface area contributed by atoms with Gasteiger partial charge in [-0.05, 0) is 126 Å². The summed E-state index contributed by atoms with van der Waals surface area (Å²) < 4.78 is 0. The highest BCUT2D eigenvalue weighted by atomic mass is 32.2. The highest BCUT2D eigenvalue weighted by Crippen LogP contribution is 2.60. The Morgan fingerprint density at radius 3 is 1.96 bits per heavy atom. The molecular weight excluding hydrogens is 729 g/mol. The molecule has 6 aromatic rings. The van der Waals surface area contributed by atoms with E-state index < -0.39 is 0 Å². The summed E-state index contributed by atoms with van der Waals surface area (Å²) in [5.41, 5.74) is 17.8. The van der Waals surface area contributed by atoms with Crippen LogP contribution < -0.4 is 9.80 Å². The van der Waals surface area contributed by atoms with Crippen LogP contribution in [0.25, 0.3) is 6.08 Å². The lowest BCUT2D eigenvalue weighted by atomic mass is 9.72. The molecule has 57 heavy (non-hydrogen) atoms. The predicted octanol–water partition coefficient (Wildman–Crippen LogP) is 14.5. The van der Waals surface area contributed by atoms with Gasteiger partial charge in [0, 0.05) is 48.0 Å². The van der Waals surface area contributed by atoms with E-state index in [9.17, 15) is 0 Å². The van der Waals surface area contributed by atoms with E-state index in [0.29, 0.717) is 5.92 Å². The van der Waals surface area contributed by atoms with Gasteiger partial charge in [0.1, 0.15) is 0 Å². The van der Waals surface area contributed by atoms with E-state index in [-0.39, 0.29) is 5.41 Å². The molecule has 12 rings (SSSR count). The van der Waals surface area contributed by atoms with Gasteiger partial charge in [0.2, 0.25) is 0 Å². The molecule has 0 fully saturated rings. The molecule has 274 valence electrons. The van der Waals surface area contributed by atoms with E-state index in [1.807, 2.05) is 23.5 Å². The fourth-order valence-corrected chi connectivity index (χ4v) is 12.5. The van der Waals surface area contributed by atoms with Gasteiger partial charge in [0.05, 0.1) is 17.1 Å². The molecule has 4 heteroatoms. The molecule has 6 aliphatic rings. The maximum absolute atomic E-state index is 2.59. The molecule has 1 spiro atoms. The van der Waals surface area contributed by atoms with Crippen LogP contribution >= 0.6 is 23.5 Å². The third-order valence-electron chi connectivity index (χ3n) is 12.9. The van der Waals surface area contributed by atoms with Gasteiger partial charge in [-0.15, -0.1) is 0 Å². The SMILES string of the molecule is C1=CC2=C(CC1)N(c1ccc3c(c1)C1(Cc4ccccc4C1)C1=CC(/C=C/c4ccc(N5c6ccccc6Sc6ccccc65)cc4)=CCC13)c1ccccc1S2.